The van der Waals surface area contributed by atoms with E-state index in [0.717, 1.165) is 12.8 Å². The van der Waals surface area contributed by atoms with Crippen LogP contribution in [0.15, 0.2) is 24.3 Å². The monoisotopic (exact) mass is 431 g/mol. The van der Waals surface area contributed by atoms with Crippen molar-refractivity contribution in [2.24, 2.45) is 0 Å². The zero-order valence-corrected chi connectivity index (χ0v) is 19.9. The predicted octanol–water partition coefficient (Wildman–Crippen LogP) is 8.75. The van der Waals surface area contributed by atoms with Gasteiger partial charge in [-0.15, -0.1) is 0 Å². The molecule has 0 bridgehead atoms. The number of rotatable bonds is 21. The standard InChI is InChI=1S/C27H45NO3/c1-2-3-4-5-6-7-8-9-10-11-12-13-14-15-16-17-18-22-26(29)24-25-21-19-20-23-27(25)28(30)31/h19-21,23H,2-18,22,24H2,1H3. The summed E-state index contributed by atoms with van der Waals surface area (Å²) < 4.78 is 0. The van der Waals surface area contributed by atoms with E-state index in [1.165, 1.54) is 102 Å². The molecule has 4 nitrogen and oxygen atoms in total. The van der Waals surface area contributed by atoms with E-state index in [2.05, 4.69) is 6.92 Å². The van der Waals surface area contributed by atoms with Crippen molar-refractivity contribution in [1.29, 1.82) is 0 Å². The molecule has 0 fully saturated rings. The minimum absolute atomic E-state index is 0.0539. The van der Waals surface area contributed by atoms with Crippen molar-refractivity contribution in [2.45, 2.75) is 129 Å². The number of ketones is 1. The summed E-state index contributed by atoms with van der Waals surface area (Å²) in [4.78, 5) is 22.7. The van der Waals surface area contributed by atoms with Crippen LogP contribution in [-0.2, 0) is 11.2 Å². The SMILES string of the molecule is CCCCCCCCCCCCCCCCCCCC(=O)Cc1ccccc1[N+](=O)[O-]. The van der Waals surface area contributed by atoms with Gasteiger partial charge in [0.2, 0.25) is 0 Å². The van der Waals surface area contributed by atoms with Crippen LogP contribution < -0.4 is 0 Å². The van der Waals surface area contributed by atoms with Crippen molar-refractivity contribution < 1.29 is 9.72 Å². The summed E-state index contributed by atoms with van der Waals surface area (Å²) in [5.41, 5.74) is 0.586. The minimum atomic E-state index is -0.405. The highest BCUT2D eigenvalue weighted by atomic mass is 16.6. The van der Waals surface area contributed by atoms with Crippen LogP contribution in [0.1, 0.15) is 128 Å². The normalized spacial score (nSPS) is 11.0. The molecule has 0 heterocycles. The predicted molar refractivity (Wildman–Crippen MR) is 131 cm³/mol. The van der Waals surface area contributed by atoms with Crippen LogP contribution in [0.25, 0.3) is 0 Å². The topological polar surface area (TPSA) is 60.2 Å². The largest absolute Gasteiger partial charge is 0.299 e. The van der Waals surface area contributed by atoms with Crippen LogP contribution in [0, 0.1) is 10.1 Å². The molecule has 0 saturated heterocycles. The van der Waals surface area contributed by atoms with Gasteiger partial charge in [0.05, 0.1) is 4.92 Å². The van der Waals surface area contributed by atoms with E-state index in [4.69, 9.17) is 0 Å². The molecule has 4 heteroatoms. The van der Waals surface area contributed by atoms with Gasteiger partial charge in [-0.1, -0.05) is 128 Å². The Morgan fingerprint density at radius 1 is 0.710 bits per heavy atom. The van der Waals surface area contributed by atoms with Crippen LogP contribution in [0.5, 0.6) is 0 Å². The summed E-state index contributed by atoms with van der Waals surface area (Å²) in [7, 11) is 0. The molecule has 31 heavy (non-hydrogen) atoms. The second-order valence-corrected chi connectivity index (χ2v) is 9.01. The molecule has 1 aromatic rings. The second-order valence-electron chi connectivity index (χ2n) is 9.01. The number of carbonyl (C=O) groups excluding carboxylic acids is 1. The number of nitro benzene ring substituents is 1. The van der Waals surface area contributed by atoms with E-state index < -0.39 is 4.92 Å². The minimum Gasteiger partial charge on any atom is -0.299 e. The lowest BCUT2D eigenvalue weighted by Crippen LogP contribution is -2.05. The van der Waals surface area contributed by atoms with Crippen LogP contribution in [0.3, 0.4) is 0 Å². The van der Waals surface area contributed by atoms with Crippen LogP contribution in [0.4, 0.5) is 5.69 Å². The highest BCUT2D eigenvalue weighted by Gasteiger charge is 2.15. The number of para-hydroxylation sites is 1. The zero-order chi connectivity index (χ0) is 22.6. The molecule has 0 spiro atoms. The summed E-state index contributed by atoms with van der Waals surface area (Å²) in [5, 5.41) is 11.0. The number of carbonyl (C=O) groups is 1. The third-order valence-corrected chi connectivity index (χ3v) is 6.14. The molecule has 0 aromatic heterocycles. The van der Waals surface area contributed by atoms with Gasteiger partial charge in [-0.05, 0) is 6.42 Å². The van der Waals surface area contributed by atoms with Gasteiger partial charge in [-0.25, -0.2) is 0 Å². The molecule has 0 radical (unpaired) electrons. The van der Waals surface area contributed by atoms with Gasteiger partial charge >= 0.3 is 0 Å². The van der Waals surface area contributed by atoms with Crippen molar-refractivity contribution >= 4 is 11.5 Å². The van der Waals surface area contributed by atoms with E-state index in [9.17, 15) is 14.9 Å². The fraction of sp³-hybridized carbons (Fsp3) is 0.741. The van der Waals surface area contributed by atoms with E-state index in [0.29, 0.717) is 12.0 Å². The average molecular weight is 432 g/mol. The van der Waals surface area contributed by atoms with Gasteiger partial charge in [0.15, 0.2) is 0 Å². The summed E-state index contributed by atoms with van der Waals surface area (Å²) in [5.74, 6) is 0.107. The lowest BCUT2D eigenvalue weighted by Gasteiger charge is -2.04. The number of nitrogens with zero attached hydrogens (tertiary/aromatic N) is 1. The van der Waals surface area contributed by atoms with Gasteiger partial charge in [-0.3, -0.25) is 14.9 Å². The van der Waals surface area contributed by atoms with E-state index >= 15 is 0 Å². The Kier molecular flexibility index (Phi) is 16.8. The van der Waals surface area contributed by atoms with Gasteiger partial charge in [0.25, 0.3) is 5.69 Å². The Labute approximate surface area is 190 Å². The Morgan fingerprint density at radius 2 is 1.13 bits per heavy atom. The number of nitro groups is 1. The molecule has 1 aromatic carbocycles. The van der Waals surface area contributed by atoms with Crippen LogP contribution in [-0.4, -0.2) is 10.7 Å². The maximum Gasteiger partial charge on any atom is 0.273 e. The first-order valence-electron chi connectivity index (χ1n) is 12.9. The molecular formula is C27H45NO3. The lowest BCUT2D eigenvalue weighted by molar-refractivity contribution is -0.385. The molecule has 0 aliphatic heterocycles. The second kappa shape index (κ2) is 19.0. The lowest BCUT2D eigenvalue weighted by atomic mass is 10.0. The first-order chi connectivity index (χ1) is 15.1. The molecule has 176 valence electrons. The maximum atomic E-state index is 12.1. The van der Waals surface area contributed by atoms with Crippen molar-refractivity contribution in [3.8, 4) is 0 Å². The van der Waals surface area contributed by atoms with Crippen LogP contribution >= 0.6 is 0 Å². The first kappa shape index (κ1) is 27.3. The number of hydrogen-bond donors (Lipinski definition) is 0. The van der Waals surface area contributed by atoms with Gasteiger partial charge in [-0.2, -0.15) is 0 Å². The van der Waals surface area contributed by atoms with Crippen molar-refractivity contribution in [2.75, 3.05) is 0 Å². The molecule has 0 aliphatic carbocycles. The summed E-state index contributed by atoms with van der Waals surface area (Å²) >= 11 is 0. The van der Waals surface area contributed by atoms with Crippen molar-refractivity contribution in [1.82, 2.24) is 0 Å². The fourth-order valence-corrected chi connectivity index (χ4v) is 4.19. The number of Topliss-reactive ketones (excluding diaryl/α,β-unsaturated/α-hetero) is 1. The number of benzene rings is 1. The van der Waals surface area contributed by atoms with E-state index in [1.54, 1.807) is 18.2 Å². The Bertz CT molecular complexity index is 600. The molecule has 0 aliphatic rings. The van der Waals surface area contributed by atoms with Crippen molar-refractivity contribution in [3.63, 3.8) is 0 Å². The molecular weight excluding hydrogens is 386 g/mol. The third kappa shape index (κ3) is 14.8. The Hall–Kier alpha value is -1.71. The van der Waals surface area contributed by atoms with Gasteiger partial charge in [0.1, 0.15) is 5.78 Å². The van der Waals surface area contributed by atoms with E-state index in [-0.39, 0.29) is 17.9 Å². The molecule has 0 amide bonds. The summed E-state index contributed by atoms with van der Waals surface area (Å²) in [6.07, 6.45) is 23.2. The molecule has 0 atom stereocenters. The summed E-state index contributed by atoms with van der Waals surface area (Å²) in [6.45, 7) is 2.27. The summed E-state index contributed by atoms with van der Waals surface area (Å²) in [6, 6.07) is 6.55. The third-order valence-electron chi connectivity index (χ3n) is 6.14. The smallest absolute Gasteiger partial charge is 0.273 e. The maximum absolute atomic E-state index is 12.1. The highest BCUT2D eigenvalue weighted by molar-refractivity contribution is 5.81. The quantitative estimate of drug-likeness (QED) is 0.111. The van der Waals surface area contributed by atoms with E-state index in [1.807, 2.05) is 0 Å². The molecule has 0 unspecified atom stereocenters. The first-order valence-corrected chi connectivity index (χ1v) is 12.9. The number of unbranched alkanes of at least 4 members (excludes halogenated alkanes) is 16. The molecule has 0 saturated carbocycles. The number of hydrogen-bond acceptors (Lipinski definition) is 3. The average Bonchev–Trinajstić information content (AvgIpc) is 2.76. The van der Waals surface area contributed by atoms with Gasteiger partial charge in [0, 0.05) is 24.5 Å². The molecule has 1 rings (SSSR count). The highest BCUT2D eigenvalue weighted by Crippen LogP contribution is 2.19. The Morgan fingerprint density at radius 3 is 1.58 bits per heavy atom. The fourth-order valence-electron chi connectivity index (χ4n) is 4.19. The van der Waals surface area contributed by atoms with Crippen LogP contribution in [0.2, 0.25) is 0 Å². The van der Waals surface area contributed by atoms with Crippen molar-refractivity contribution in [3.05, 3.63) is 39.9 Å². The van der Waals surface area contributed by atoms with Gasteiger partial charge < -0.3 is 0 Å². The molecule has 0 N–H and O–H groups in total. The zero-order valence-electron chi connectivity index (χ0n) is 19.9. The Balaban J connectivity index is 1.87.